The van der Waals surface area contributed by atoms with E-state index in [1.807, 2.05) is 29.9 Å². The average molecular weight is 249 g/mol. The van der Waals surface area contributed by atoms with Crippen molar-refractivity contribution in [3.05, 3.63) is 36.5 Å². The first-order chi connectivity index (χ1) is 8.79. The van der Waals surface area contributed by atoms with Gasteiger partial charge < -0.3 is 14.5 Å². The van der Waals surface area contributed by atoms with Crippen LogP contribution in [0.15, 0.2) is 35.2 Å². The molecule has 1 N–H and O–H groups in total. The van der Waals surface area contributed by atoms with Gasteiger partial charge >= 0.3 is 0 Å². The Morgan fingerprint density at radius 2 is 2.44 bits per heavy atom. The second-order valence-corrected chi connectivity index (χ2v) is 4.15. The summed E-state index contributed by atoms with van der Waals surface area (Å²) >= 11 is 0. The van der Waals surface area contributed by atoms with E-state index in [0.717, 1.165) is 24.6 Å². The van der Waals surface area contributed by atoms with Crippen molar-refractivity contribution >= 4 is 0 Å². The number of aromatic nitrogens is 2. The normalized spacial score (nSPS) is 12.6. The molecule has 2 aromatic heterocycles. The summed E-state index contributed by atoms with van der Waals surface area (Å²) in [6, 6.07) is 4.12. The first-order valence-corrected chi connectivity index (χ1v) is 6.19. The summed E-state index contributed by atoms with van der Waals surface area (Å²) < 4.78 is 12.5. The van der Waals surface area contributed by atoms with Gasteiger partial charge in [-0.05, 0) is 26.0 Å². The van der Waals surface area contributed by atoms with E-state index in [0.29, 0.717) is 6.61 Å². The van der Waals surface area contributed by atoms with E-state index in [1.54, 1.807) is 12.5 Å². The van der Waals surface area contributed by atoms with E-state index in [2.05, 4.69) is 17.3 Å². The van der Waals surface area contributed by atoms with Crippen molar-refractivity contribution < 1.29 is 9.15 Å². The maximum absolute atomic E-state index is 5.38. The highest BCUT2D eigenvalue weighted by atomic mass is 16.5. The summed E-state index contributed by atoms with van der Waals surface area (Å²) in [6.07, 6.45) is 5.34. The van der Waals surface area contributed by atoms with Crippen molar-refractivity contribution in [2.24, 2.45) is 0 Å². The lowest BCUT2D eigenvalue weighted by Gasteiger charge is -2.12. The molecule has 2 rings (SSSR count). The molecule has 5 heteroatoms. The molecule has 0 aliphatic carbocycles. The van der Waals surface area contributed by atoms with Gasteiger partial charge in [0.1, 0.15) is 5.76 Å². The predicted octanol–water partition coefficient (Wildman–Crippen LogP) is 2.23. The van der Waals surface area contributed by atoms with E-state index >= 15 is 0 Å². The van der Waals surface area contributed by atoms with Gasteiger partial charge in [-0.15, -0.1) is 0 Å². The topological polar surface area (TPSA) is 52.2 Å². The molecule has 1 atom stereocenters. The molecule has 5 nitrogen and oxygen atoms in total. The molecule has 0 amide bonds. The highest BCUT2D eigenvalue weighted by Gasteiger charge is 2.07. The number of rotatable bonds is 7. The molecule has 0 aliphatic rings. The number of ether oxygens (including phenoxy) is 1. The molecule has 0 spiro atoms. The maximum Gasteiger partial charge on any atom is 0.157 e. The van der Waals surface area contributed by atoms with E-state index in [9.17, 15) is 0 Å². The zero-order valence-corrected chi connectivity index (χ0v) is 10.8. The SMILES string of the molecule is CCOc1cnn(C(C)CNCc2ccco2)c1. The first kappa shape index (κ1) is 12.7. The van der Waals surface area contributed by atoms with Crippen molar-refractivity contribution in [1.82, 2.24) is 15.1 Å². The van der Waals surface area contributed by atoms with Crippen LogP contribution in [-0.4, -0.2) is 22.9 Å². The van der Waals surface area contributed by atoms with Crippen LogP contribution in [0.2, 0.25) is 0 Å². The van der Waals surface area contributed by atoms with Crippen LogP contribution in [-0.2, 0) is 6.54 Å². The van der Waals surface area contributed by atoms with Crippen LogP contribution >= 0.6 is 0 Å². The molecular formula is C13H19N3O2. The van der Waals surface area contributed by atoms with Gasteiger partial charge in [0.2, 0.25) is 0 Å². The Balaban J connectivity index is 1.78. The quantitative estimate of drug-likeness (QED) is 0.817. The first-order valence-electron chi connectivity index (χ1n) is 6.19. The van der Waals surface area contributed by atoms with Crippen LogP contribution in [0.1, 0.15) is 25.6 Å². The average Bonchev–Trinajstić information content (AvgIpc) is 3.00. The summed E-state index contributed by atoms with van der Waals surface area (Å²) in [5, 5.41) is 7.61. The Morgan fingerprint density at radius 3 is 3.17 bits per heavy atom. The lowest BCUT2D eigenvalue weighted by Crippen LogP contribution is -2.23. The Bertz CT molecular complexity index is 451. The van der Waals surface area contributed by atoms with Crippen LogP contribution in [0.25, 0.3) is 0 Å². The van der Waals surface area contributed by atoms with Crippen molar-refractivity contribution in [3.8, 4) is 5.75 Å². The Morgan fingerprint density at radius 1 is 1.56 bits per heavy atom. The number of furan rings is 1. The molecule has 0 saturated carbocycles. The van der Waals surface area contributed by atoms with Crippen LogP contribution < -0.4 is 10.1 Å². The van der Waals surface area contributed by atoms with Crippen molar-refractivity contribution in [3.63, 3.8) is 0 Å². The molecule has 0 aromatic carbocycles. The molecule has 98 valence electrons. The van der Waals surface area contributed by atoms with Gasteiger partial charge in [-0.2, -0.15) is 5.10 Å². The maximum atomic E-state index is 5.38. The molecule has 0 radical (unpaired) electrons. The number of hydrogen-bond acceptors (Lipinski definition) is 4. The van der Waals surface area contributed by atoms with Crippen LogP contribution in [0, 0.1) is 0 Å². The van der Waals surface area contributed by atoms with Crippen LogP contribution in [0.4, 0.5) is 0 Å². The highest BCUT2D eigenvalue weighted by Crippen LogP contribution is 2.12. The fraction of sp³-hybridized carbons (Fsp3) is 0.462. The molecule has 0 saturated heterocycles. The molecular weight excluding hydrogens is 230 g/mol. The molecule has 0 aliphatic heterocycles. The summed E-state index contributed by atoms with van der Waals surface area (Å²) in [7, 11) is 0. The Kier molecular flexibility index (Phi) is 4.41. The largest absolute Gasteiger partial charge is 0.491 e. The summed E-state index contributed by atoms with van der Waals surface area (Å²) in [5.41, 5.74) is 0. The van der Waals surface area contributed by atoms with Gasteiger partial charge in [0.05, 0.1) is 37.9 Å². The fourth-order valence-electron chi connectivity index (χ4n) is 1.71. The van der Waals surface area contributed by atoms with Crippen molar-refractivity contribution in [1.29, 1.82) is 0 Å². The van der Waals surface area contributed by atoms with Crippen LogP contribution in [0.5, 0.6) is 5.75 Å². The summed E-state index contributed by atoms with van der Waals surface area (Å²) in [6.45, 7) is 6.30. The van der Waals surface area contributed by atoms with Crippen molar-refractivity contribution in [2.75, 3.05) is 13.2 Å². The highest BCUT2D eigenvalue weighted by molar-refractivity contribution is 5.12. The standard InChI is InChI=1S/C13H19N3O2/c1-3-17-13-9-15-16(10-13)11(2)7-14-8-12-5-4-6-18-12/h4-6,9-11,14H,3,7-8H2,1-2H3. The third-order valence-corrected chi connectivity index (χ3v) is 2.66. The number of hydrogen-bond donors (Lipinski definition) is 1. The predicted molar refractivity (Wildman–Crippen MR) is 68.5 cm³/mol. The Labute approximate surface area is 107 Å². The minimum absolute atomic E-state index is 0.272. The summed E-state index contributed by atoms with van der Waals surface area (Å²) in [4.78, 5) is 0. The second kappa shape index (κ2) is 6.26. The third kappa shape index (κ3) is 3.37. The molecule has 18 heavy (non-hydrogen) atoms. The number of nitrogens with zero attached hydrogens (tertiary/aromatic N) is 2. The van der Waals surface area contributed by atoms with Crippen molar-refractivity contribution in [2.45, 2.75) is 26.4 Å². The van der Waals surface area contributed by atoms with Gasteiger partial charge in [-0.3, -0.25) is 4.68 Å². The molecule has 0 fully saturated rings. The van der Waals surface area contributed by atoms with Gasteiger partial charge in [0.25, 0.3) is 0 Å². The van der Waals surface area contributed by atoms with E-state index in [-0.39, 0.29) is 6.04 Å². The zero-order chi connectivity index (χ0) is 12.8. The minimum atomic E-state index is 0.272. The Hall–Kier alpha value is -1.75. The molecule has 2 heterocycles. The smallest absolute Gasteiger partial charge is 0.157 e. The molecule has 1 unspecified atom stereocenters. The van der Waals surface area contributed by atoms with Gasteiger partial charge in [-0.25, -0.2) is 0 Å². The summed E-state index contributed by atoms with van der Waals surface area (Å²) in [5.74, 6) is 1.76. The van der Waals surface area contributed by atoms with Gasteiger partial charge in [-0.1, -0.05) is 0 Å². The van der Waals surface area contributed by atoms with Gasteiger partial charge in [0.15, 0.2) is 5.75 Å². The van der Waals surface area contributed by atoms with Gasteiger partial charge in [0, 0.05) is 6.54 Å². The molecule has 0 bridgehead atoms. The minimum Gasteiger partial charge on any atom is -0.491 e. The zero-order valence-electron chi connectivity index (χ0n) is 10.8. The lowest BCUT2D eigenvalue weighted by molar-refractivity contribution is 0.338. The third-order valence-electron chi connectivity index (χ3n) is 2.66. The van der Waals surface area contributed by atoms with Crippen LogP contribution in [0.3, 0.4) is 0 Å². The fourth-order valence-corrected chi connectivity index (χ4v) is 1.71. The second-order valence-electron chi connectivity index (χ2n) is 4.15. The van der Waals surface area contributed by atoms with E-state index in [4.69, 9.17) is 9.15 Å². The monoisotopic (exact) mass is 249 g/mol. The van der Waals surface area contributed by atoms with E-state index in [1.165, 1.54) is 0 Å². The number of nitrogens with one attached hydrogen (secondary N) is 1. The molecule has 2 aromatic rings. The lowest BCUT2D eigenvalue weighted by atomic mass is 10.3. The van der Waals surface area contributed by atoms with E-state index < -0.39 is 0 Å².